The molecule has 0 rings (SSSR count). The molecule has 0 aromatic heterocycles. The summed E-state index contributed by atoms with van der Waals surface area (Å²) in [5, 5.41) is 0. The molecule has 0 amide bonds. The smallest absolute Gasteiger partial charge is 0.0349 e. The molecule has 0 unspecified atom stereocenters. The van der Waals surface area contributed by atoms with Crippen molar-refractivity contribution in [1.82, 2.24) is 0 Å². The van der Waals surface area contributed by atoms with E-state index < -0.39 is 0 Å². The lowest BCUT2D eigenvalue weighted by atomic mass is 10.1. The second-order valence-electron chi connectivity index (χ2n) is 18.5. The Bertz CT molecular complexity index is 1220. The van der Waals surface area contributed by atoms with Crippen molar-refractivity contribution in [3.8, 4) is 0 Å². The normalized spacial score (nSPS) is 9.04. The van der Waals surface area contributed by atoms with Gasteiger partial charge in [-0.05, 0) is 260 Å². The fraction of sp³-hybridized carbons (Fsp3) is 0.634. The van der Waals surface area contributed by atoms with Crippen LogP contribution in [0.25, 0.3) is 0 Å². The second kappa shape index (κ2) is 99.8. The molecule has 0 aliphatic heterocycles. The van der Waals surface area contributed by atoms with Crippen LogP contribution in [0.4, 0.5) is 0 Å². The molecule has 0 aromatic rings. The van der Waals surface area contributed by atoms with Crippen molar-refractivity contribution in [2.45, 2.75) is 308 Å². The SMILES string of the molecule is C/C=C(/C)CC.C/C=C(\C)CC.C/C=C/C.C/C=C/CC.C/C=C\C.C/C=C\CC.CC(C)=C(C)C.CC(C)=C(C)C.CC=C(C)C.CC=C(C)C.CCC(C)=C(C)C.CCC=C(C)C.CCC=C(C)C. The van der Waals surface area contributed by atoms with Crippen LogP contribution in [0.1, 0.15) is 308 Å². The molecule has 0 heteroatoms. The highest BCUT2D eigenvalue weighted by Gasteiger charge is 1.83. The van der Waals surface area contributed by atoms with Crippen LogP contribution in [-0.4, -0.2) is 0 Å². The fourth-order valence-electron chi connectivity index (χ4n) is 2.05. The number of hydrogen-bond acceptors (Lipinski definition) is 0. The zero-order valence-corrected chi connectivity index (χ0v) is 57.0. The van der Waals surface area contributed by atoms with E-state index in [-0.39, 0.29) is 0 Å². The van der Waals surface area contributed by atoms with Gasteiger partial charge in [0.2, 0.25) is 0 Å². The third-order valence-corrected chi connectivity index (χ3v) is 9.47. The van der Waals surface area contributed by atoms with E-state index in [0.717, 1.165) is 12.8 Å². The Hall–Kier alpha value is -3.38. The van der Waals surface area contributed by atoms with E-state index in [4.69, 9.17) is 0 Å². The van der Waals surface area contributed by atoms with Gasteiger partial charge in [0.1, 0.15) is 0 Å². The predicted octanol–water partition coefficient (Wildman–Crippen LogP) is 28.0. The largest absolute Gasteiger partial charge is 0.0919 e. The van der Waals surface area contributed by atoms with Crippen LogP contribution in [0.2, 0.25) is 0 Å². The highest BCUT2D eigenvalue weighted by molar-refractivity contribution is 5.05. The van der Waals surface area contributed by atoms with Gasteiger partial charge in [0.25, 0.3) is 0 Å². The molecule has 0 fully saturated rings. The molecule has 0 aliphatic carbocycles. The second-order valence-corrected chi connectivity index (χ2v) is 18.5. The van der Waals surface area contributed by atoms with Gasteiger partial charge >= 0.3 is 0 Å². The molecule has 0 heterocycles. The summed E-state index contributed by atoms with van der Waals surface area (Å²) in [6.45, 7) is 79.8. The summed E-state index contributed by atoms with van der Waals surface area (Å²) in [4.78, 5) is 0. The Morgan fingerprint density at radius 1 is 0.239 bits per heavy atom. The molecule has 0 aliphatic rings. The molecule has 0 atom stereocenters. The summed E-state index contributed by atoms with van der Waals surface area (Å²) >= 11 is 0. The van der Waals surface area contributed by atoms with Crippen molar-refractivity contribution >= 4 is 0 Å². The first-order valence-electron chi connectivity index (χ1n) is 27.7. The molecule has 0 saturated carbocycles. The van der Waals surface area contributed by atoms with E-state index in [9.17, 15) is 0 Å². The van der Waals surface area contributed by atoms with Crippen LogP contribution in [0.3, 0.4) is 0 Å². The lowest BCUT2D eigenvalue weighted by Crippen LogP contribution is -1.73. The maximum atomic E-state index is 2.21. The van der Waals surface area contributed by atoms with Crippen LogP contribution in [0, 0.1) is 0 Å². The van der Waals surface area contributed by atoms with Gasteiger partial charge in [-0.2, -0.15) is 0 Å². The van der Waals surface area contributed by atoms with Crippen molar-refractivity contribution in [3.63, 3.8) is 0 Å². The van der Waals surface area contributed by atoms with Gasteiger partial charge in [-0.3, -0.25) is 0 Å². The molecule has 0 nitrogen and oxygen atoms in total. The number of allylic oxidation sites excluding steroid dienone is 26. The first-order valence-corrected chi connectivity index (χ1v) is 27.7. The molecule has 0 saturated heterocycles. The van der Waals surface area contributed by atoms with Crippen LogP contribution < -0.4 is 0 Å². The van der Waals surface area contributed by atoms with Crippen LogP contribution >= 0.6 is 0 Å². The molecule has 0 aromatic carbocycles. The summed E-state index contributed by atoms with van der Waals surface area (Å²) < 4.78 is 0. The molecular weight excluding hydrogens is 853 g/mol. The van der Waals surface area contributed by atoms with Crippen molar-refractivity contribution in [2.24, 2.45) is 0 Å². The molecule has 0 N–H and O–H groups in total. The average molecular weight is 996 g/mol. The summed E-state index contributed by atoms with van der Waals surface area (Å²) in [5.74, 6) is 0. The quantitative estimate of drug-likeness (QED) is 0.223. The van der Waals surface area contributed by atoms with Gasteiger partial charge < -0.3 is 0 Å². The summed E-state index contributed by atoms with van der Waals surface area (Å²) in [6.07, 6.45) is 37.5. The summed E-state index contributed by atoms with van der Waals surface area (Å²) in [7, 11) is 0. The van der Waals surface area contributed by atoms with Crippen LogP contribution in [-0.2, 0) is 0 Å². The third-order valence-electron chi connectivity index (χ3n) is 9.47. The molecule has 0 bridgehead atoms. The van der Waals surface area contributed by atoms with Gasteiger partial charge in [-0.25, -0.2) is 0 Å². The van der Waals surface area contributed by atoms with E-state index >= 15 is 0 Å². The van der Waals surface area contributed by atoms with Crippen LogP contribution in [0.5, 0.6) is 0 Å². The van der Waals surface area contributed by atoms with Crippen LogP contribution in [0.15, 0.2) is 152 Å². The minimum Gasteiger partial charge on any atom is -0.0919 e. The molecule has 426 valence electrons. The Morgan fingerprint density at radius 3 is 0.451 bits per heavy atom. The van der Waals surface area contributed by atoms with Crippen molar-refractivity contribution in [1.29, 1.82) is 0 Å². The van der Waals surface area contributed by atoms with Gasteiger partial charge in [0.15, 0.2) is 0 Å². The lowest BCUT2D eigenvalue weighted by Gasteiger charge is -1.94. The first-order chi connectivity index (χ1) is 32.8. The monoisotopic (exact) mass is 995 g/mol. The Labute approximate surface area is 457 Å². The first kappa shape index (κ1) is 101. The number of hydrogen-bond donors (Lipinski definition) is 0. The zero-order chi connectivity index (χ0) is 59.8. The minimum absolute atomic E-state index is 1.16. The van der Waals surface area contributed by atoms with Gasteiger partial charge in [0, 0.05) is 0 Å². The van der Waals surface area contributed by atoms with E-state index in [1.807, 2.05) is 79.7 Å². The maximum Gasteiger partial charge on any atom is -0.0349 e. The molecule has 71 heavy (non-hydrogen) atoms. The Balaban J connectivity index is -0.0000000468. The van der Waals surface area contributed by atoms with Crippen molar-refractivity contribution in [2.75, 3.05) is 0 Å². The highest BCUT2D eigenvalue weighted by Crippen LogP contribution is 2.04. The molecular formula is C71H142. The highest BCUT2D eigenvalue weighted by atomic mass is 13.9. The van der Waals surface area contributed by atoms with Gasteiger partial charge in [0.05, 0.1) is 0 Å². The van der Waals surface area contributed by atoms with Crippen molar-refractivity contribution < 1.29 is 0 Å². The fourth-order valence-corrected chi connectivity index (χ4v) is 2.05. The number of rotatable bonds is 7. The standard InChI is InChI=1S/C7H14.6C6H12.4C5H10.2C4H8/c1-5-7(4)6(2)3;2*1-5(2)6(3)4;2*1-4-5-6(2)3;2*1-4-6(3)5-2;2*1-4-5(2)3;2*1-3-5-4-2;2*1-3-4-2/h5H2,1-4H3;2*1-4H3;2*5H,4H2,1-3H3;2*4H,5H2,1-3H3;2*4H,1-3H3;2*3,5H,4H2,1-2H3;2*3-4H,1-2H3/b;;;;;6-4+;6-4-;;;5-3+;5-3-;4-3+;4-3-. The minimum atomic E-state index is 1.16. The van der Waals surface area contributed by atoms with E-state index in [1.54, 1.807) is 0 Å². The Morgan fingerprint density at radius 2 is 0.451 bits per heavy atom. The summed E-state index contributed by atoms with van der Waals surface area (Å²) in [6, 6.07) is 0. The van der Waals surface area contributed by atoms with Gasteiger partial charge in [-0.15, -0.1) is 0 Å². The Kier molecular flexibility index (Phi) is 141. The molecule has 0 spiro atoms. The summed E-state index contributed by atoms with van der Waals surface area (Å²) in [5.41, 5.74) is 17.2. The van der Waals surface area contributed by atoms with E-state index in [2.05, 4.69) is 268 Å². The van der Waals surface area contributed by atoms with Crippen molar-refractivity contribution in [3.05, 3.63) is 152 Å². The van der Waals surface area contributed by atoms with E-state index in [0.29, 0.717) is 0 Å². The molecule has 0 radical (unpaired) electrons. The zero-order valence-electron chi connectivity index (χ0n) is 57.0. The topological polar surface area (TPSA) is 0 Å². The third kappa shape index (κ3) is 232. The lowest BCUT2D eigenvalue weighted by molar-refractivity contribution is 1.05. The predicted molar refractivity (Wildman–Crippen MR) is 354 cm³/mol. The van der Waals surface area contributed by atoms with Gasteiger partial charge in [-0.1, -0.05) is 200 Å². The average Bonchev–Trinajstić information content (AvgIpc) is 3.33. The van der Waals surface area contributed by atoms with E-state index in [1.165, 1.54) is 99.0 Å². The maximum absolute atomic E-state index is 2.21.